The largest absolute Gasteiger partial charge is 0.467 e. The van der Waals surface area contributed by atoms with Crippen LogP contribution in [0.25, 0.3) is 0 Å². The first kappa shape index (κ1) is 16.0. The first-order valence-corrected chi connectivity index (χ1v) is 7.15. The van der Waals surface area contributed by atoms with Crippen LogP contribution in [0.2, 0.25) is 0 Å². The number of ether oxygens (including phenoxy) is 1. The van der Waals surface area contributed by atoms with Gasteiger partial charge in [-0.2, -0.15) is 0 Å². The highest BCUT2D eigenvalue weighted by Gasteiger charge is 2.37. The Balaban J connectivity index is 2.24. The monoisotopic (exact) mass is 328 g/mol. The van der Waals surface area contributed by atoms with Crippen molar-refractivity contribution >= 4 is 0 Å². The highest BCUT2D eigenvalue weighted by molar-refractivity contribution is 5.46. The van der Waals surface area contributed by atoms with Crippen LogP contribution in [0.4, 0.5) is 8.78 Å². The van der Waals surface area contributed by atoms with Gasteiger partial charge in [0.25, 0.3) is 0 Å². The van der Waals surface area contributed by atoms with E-state index in [0.29, 0.717) is 5.56 Å². The van der Waals surface area contributed by atoms with Crippen LogP contribution in [0.3, 0.4) is 0 Å². The molecule has 1 heterocycles. The van der Waals surface area contributed by atoms with Gasteiger partial charge in [0.2, 0.25) is 0 Å². The molecule has 3 rings (SSSR count). The SMILES string of the molecule is COc1ncc(C(O)(c2ccccc2)c2ccc(F)cc2F)cn1. The van der Waals surface area contributed by atoms with Crippen molar-refractivity contribution in [1.29, 1.82) is 0 Å². The molecular formula is C18H14F2N2O2. The fourth-order valence-corrected chi connectivity index (χ4v) is 2.55. The van der Waals surface area contributed by atoms with Gasteiger partial charge < -0.3 is 9.84 Å². The molecular weight excluding hydrogens is 314 g/mol. The quantitative estimate of drug-likeness (QED) is 0.800. The Morgan fingerprint density at radius 3 is 2.21 bits per heavy atom. The molecule has 0 fully saturated rings. The molecule has 0 spiro atoms. The fourth-order valence-electron chi connectivity index (χ4n) is 2.55. The van der Waals surface area contributed by atoms with E-state index in [1.807, 2.05) is 0 Å². The Morgan fingerprint density at radius 1 is 0.958 bits per heavy atom. The molecule has 0 amide bonds. The summed E-state index contributed by atoms with van der Waals surface area (Å²) >= 11 is 0. The van der Waals surface area contributed by atoms with E-state index in [4.69, 9.17) is 4.74 Å². The Hall–Kier alpha value is -2.86. The molecule has 0 aliphatic rings. The zero-order valence-corrected chi connectivity index (χ0v) is 12.8. The minimum atomic E-state index is -1.87. The van der Waals surface area contributed by atoms with Crippen LogP contribution in [-0.2, 0) is 5.60 Å². The van der Waals surface area contributed by atoms with Gasteiger partial charge >= 0.3 is 6.01 Å². The van der Waals surface area contributed by atoms with Crippen LogP contribution in [-0.4, -0.2) is 22.2 Å². The molecule has 3 aromatic rings. The average Bonchev–Trinajstić information content (AvgIpc) is 2.62. The van der Waals surface area contributed by atoms with E-state index in [1.165, 1.54) is 25.6 Å². The Kier molecular flexibility index (Phi) is 4.22. The molecule has 0 bridgehead atoms. The first-order valence-electron chi connectivity index (χ1n) is 7.15. The zero-order chi connectivity index (χ0) is 17.2. The lowest BCUT2D eigenvalue weighted by molar-refractivity contribution is 0.120. The van der Waals surface area contributed by atoms with Crippen molar-refractivity contribution in [3.8, 4) is 6.01 Å². The second-order valence-electron chi connectivity index (χ2n) is 5.16. The number of halogens is 2. The van der Waals surface area contributed by atoms with Gasteiger partial charge in [-0.3, -0.25) is 0 Å². The number of aliphatic hydroxyl groups is 1. The van der Waals surface area contributed by atoms with Crippen LogP contribution in [0.15, 0.2) is 60.9 Å². The molecule has 0 saturated heterocycles. The van der Waals surface area contributed by atoms with Crippen LogP contribution < -0.4 is 4.74 Å². The maximum absolute atomic E-state index is 14.4. The molecule has 1 atom stereocenters. The molecule has 6 heteroatoms. The molecule has 1 unspecified atom stereocenters. The normalized spacial score (nSPS) is 13.3. The fraction of sp³-hybridized carbons (Fsp3) is 0.111. The van der Waals surface area contributed by atoms with Crippen molar-refractivity contribution in [3.05, 3.63) is 89.2 Å². The second-order valence-corrected chi connectivity index (χ2v) is 5.16. The highest BCUT2D eigenvalue weighted by Crippen LogP contribution is 2.37. The molecule has 1 aromatic heterocycles. The van der Waals surface area contributed by atoms with Crippen LogP contribution in [0, 0.1) is 11.6 Å². The number of rotatable bonds is 4. The lowest BCUT2D eigenvalue weighted by Gasteiger charge is -2.29. The van der Waals surface area contributed by atoms with Crippen molar-refractivity contribution in [3.63, 3.8) is 0 Å². The summed E-state index contributed by atoms with van der Waals surface area (Å²) in [5.41, 5.74) is -1.32. The summed E-state index contributed by atoms with van der Waals surface area (Å²) in [6, 6.07) is 11.6. The second kappa shape index (κ2) is 6.33. The lowest BCUT2D eigenvalue weighted by Crippen LogP contribution is -2.30. The van der Waals surface area contributed by atoms with Crippen LogP contribution >= 0.6 is 0 Å². The molecule has 2 aromatic carbocycles. The predicted molar refractivity (Wildman–Crippen MR) is 83.5 cm³/mol. The third-order valence-electron chi connectivity index (χ3n) is 3.74. The predicted octanol–water partition coefficient (Wildman–Crippen LogP) is 3.05. The van der Waals surface area contributed by atoms with E-state index >= 15 is 0 Å². The van der Waals surface area contributed by atoms with E-state index in [2.05, 4.69) is 9.97 Å². The number of aromatic nitrogens is 2. The van der Waals surface area contributed by atoms with E-state index in [9.17, 15) is 13.9 Å². The van der Waals surface area contributed by atoms with Gasteiger partial charge in [-0.25, -0.2) is 18.7 Å². The summed E-state index contributed by atoms with van der Waals surface area (Å²) in [5.74, 6) is -1.59. The number of benzene rings is 2. The van der Waals surface area contributed by atoms with E-state index in [-0.39, 0.29) is 17.1 Å². The zero-order valence-electron chi connectivity index (χ0n) is 12.8. The Labute approximate surface area is 137 Å². The Bertz CT molecular complexity index is 841. The summed E-state index contributed by atoms with van der Waals surface area (Å²) in [4.78, 5) is 7.94. The maximum atomic E-state index is 14.4. The lowest BCUT2D eigenvalue weighted by atomic mass is 9.81. The van der Waals surface area contributed by atoms with Crippen molar-refractivity contribution in [2.24, 2.45) is 0 Å². The first-order chi connectivity index (χ1) is 11.6. The number of hydrogen-bond acceptors (Lipinski definition) is 4. The average molecular weight is 328 g/mol. The summed E-state index contributed by atoms with van der Waals surface area (Å²) in [5, 5.41) is 11.4. The highest BCUT2D eigenvalue weighted by atomic mass is 19.1. The maximum Gasteiger partial charge on any atom is 0.316 e. The third-order valence-corrected chi connectivity index (χ3v) is 3.74. The van der Waals surface area contributed by atoms with Gasteiger partial charge in [0.1, 0.15) is 17.2 Å². The van der Waals surface area contributed by atoms with E-state index in [0.717, 1.165) is 12.1 Å². The summed E-state index contributed by atoms with van der Waals surface area (Å²) in [7, 11) is 1.41. The minimum absolute atomic E-state index is 0.0936. The minimum Gasteiger partial charge on any atom is -0.467 e. The molecule has 0 aliphatic heterocycles. The smallest absolute Gasteiger partial charge is 0.316 e. The van der Waals surface area contributed by atoms with Crippen molar-refractivity contribution < 1.29 is 18.6 Å². The van der Waals surface area contributed by atoms with Gasteiger partial charge in [-0.1, -0.05) is 30.3 Å². The Morgan fingerprint density at radius 2 is 1.62 bits per heavy atom. The molecule has 0 aliphatic carbocycles. The van der Waals surface area contributed by atoms with Crippen LogP contribution in [0.1, 0.15) is 16.7 Å². The van der Waals surface area contributed by atoms with E-state index < -0.39 is 17.2 Å². The van der Waals surface area contributed by atoms with Crippen molar-refractivity contribution in [1.82, 2.24) is 9.97 Å². The molecule has 24 heavy (non-hydrogen) atoms. The molecule has 0 radical (unpaired) electrons. The molecule has 0 saturated carbocycles. The molecule has 1 N–H and O–H groups in total. The van der Waals surface area contributed by atoms with Crippen molar-refractivity contribution in [2.75, 3.05) is 7.11 Å². The van der Waals surface area contributed by atoms with Gasteiger partial charge in [-0.15, -0.1) is 0 Å². The number of hydrogen-bond donors (Lipinski definition) is 1. The van der Waals surface area contributed by atoms with Gasteiger partial charge in [-0.05, 0) is 17.7 Å². The number of methoxy groups -OCH3 is 1. The summed E-state index contributed by atoms with van der Waals surface area (Å²) < 4.78 is 32.6. The standard InChI is InChI=1S/C18H14F2N2O2/c1-24-17-21-10-13(11-22-17)18(23,12-5-3-2-4-6-12)15-8-7-14(19)9-16(15)20/h2-11,23H,1H3. The number of nitrogens with zero attached hydrogens (tertiary/aromatic N) is 2. The van der Waals surface area contributed by atoms with Gasteiger partial charge in [0.15, 0.2) is 0 Å². The molecule has 4 nitrogen and oxygen atoms in total. The van der Waals surface area contributed by atoms with Crippen molar-refractivity contribution in [2.45, 2.75) is 5.60 Å². The van der Waals surface area contributed by atoms with E-state index in [1.54, 1.807) is 30.3 Å². The van der Waals surface area contributed by atoms with Gasteiger partial charge in [0.05, 0.1) is 7.11 Å². The van der Waals surface area contributed by atoms with Gasteiger partial charge in [0, 0.05) is 29.6 Å². The third kappa shape index (κ3) is 2.72. The summed E-state index contributed by atoms with van der Waals surface area (Å²) in [6.07, 6.45) is 2.70. The summed E-state index contributed by atoms with van der Waals surface area (Å²) in [6.45, 7) is 0. The van der Waals surface area contributed by atoms with Crippen LogP contribution in [0.5, 0.6) is 6.01 Å². The molecule has 122 valence electrons. The topological polar surface area (TPSA) is 55.2 Å².